The molecule has 0 spiro atoms. The number of nitrogens with zero attached hydrogens (tertiary/aromatic N) is 1. The van der Waals surface area contributed by atoms with Gasteiger partial charge in [-0.05, 0) is 53.5 Å². The van der Waals surface area contributed by atoms with Gasteiger partial charge in [0.2, 0.25) is 5.91 Å². The van der Waals surface area contributed by atoms with E-state index < -0.39 is 11.9 Å². The number of hydrogen-bond acceptors (Lipinski definition) is 5. The molecule has 1 saturated heterocycles. The lowest BCUT2D eigenvalue weighted by atomic mass is 9.97. The molecule has 0 bridgehead atoms. The average molecular weight is 396 g/mol. The van der Waals surface area contributed by atoms with Gasteiger partial charge in [-0.3, -0.25) is 9.59 Å². The Bertz CT molecular complexity index is 953. The molecule has 7 nitrogen and oxygen atoms in total. The standard InChI is InChI=1S/C22H24N2O5/c1-28-19-8-7-16-11-15(4-6-17(16)12-19)5-9-21(26)29-14-20(25)24-10-2-3-18(13-24)22(23)27/h4-9,11-12,18H,2-3,10,13-14H2,1H3,(H2,23,27)/b9-5+/t18-/m0/s1. The predicted octanol–water partition coefficient (Wildman–Crippen LogP) is 2.13. The maximum Gasteiger partial charge on any atom is 0.331 e. The van der Waals surface area contributed by atoms with Crippen LogP contribution < -0.4 is 10.5 Å². The lowest BCUT2D eigenvalue weighted by Crippen LogP contribution is -2.45. The first-order chi connectivity index (χ1) is 14.0. The Hall–Kier alpha value is -3.35. The van der Waals surface area contributed by atoms with Crippen LogP contribution in [0.4, 0.5) is 0 Å². The van der Waals surface area contributed by atoms with Crippen LogP contribution in [0.25, 0.3) is 16.8 Å². The summed E-state index contributed by atoms with van der Waals surface area (Å²) in [6.07, 6.45) is 4.32. The quantitative estimate of drug-likeness (QED) is 0.596. The number of amides is 2. The van der Waals surface area contributed by atoms with Gasteiger partial charge in [-0.15, -0.1) is 0 Å². The number of benzene rings is 2. The van der Waals surface area contributed by atoms with Gasteiger partial charge in [-0.2, -0.15) is 0 Å². The molecule has 1 aliphatic rings. The number of piperidine rings is 1. The first-order valence-electron chi connectivity index (χ1n) is 9.46. The molecular weight excluding hydrogens is 372 g/mol. The van der Waals surface area contributed by atoms with Gasteiger partial charge in [0.05, 0.1) is 13.0 Å². The van der Waals surface area contributed by atoms with Crippen molar-refractivity contribution < 1.29 is 23.9 Å². The summed E-state index contributed by atoms with van der Waals surface area (Å²) in [4.78, 5) is 37.0. The van der Waals surface area contributed by atoms with Crippen LogP contribution >= 0.6 is 0 Å². The van der Waals surface area contributed by atoms with Gasteiger partial charge >= 0.3 is 5.97 Å². The molecule has 0 aliphatic carbocycles. The van der Waals surface area contributed by atoms with E-state index in [0.717, 1.165) is 22.1 Å². The van der Waals surface area contributed by atoms with E-state index in [1.807, 2.05) is 36.4 Å². The number of likely N-dealkylation sites (tertiary alicyclic amines) is 1. The Morgan fingerprint density at radius 2 is 1.93 bits per heavy atom. The maximum atomic E-state index is 12.2. The Labute approximate surface area is 169 Å². The molecule has 1 fully saturated rings. The molecule has 1 heterocycles. The molecule has 7 heteroatoms. The molecule has 1 atom stereocenters. The molecule has 2 N–H and O–H groups in total. The number of ether oxygens (including phenoxy) is 2. The minimum atomic E-state index is -0.600. The van der Waals surface area contributed by atoms with Gasteiger partial charge < -0.3 is 20.1 Å². The third kappa shape index (κ3) is 5.34. The number of carbonyl (C=O) groups is 3. The molecule has 152 valence electrons. The van der Waals surface area contributed by atoms with Crippen LogP contribution in [-0.4, -0.2) is 49.5 Å². The highest BCUT2D eigenvalue weighted by atomic mass is 16.5. The Morgan fingerprint density at radius 3 is 2.69 bits per heavy atom. The summed E-state index contributed by atoms with van der Waals surface area (Å²) >= 11 is 0. The fraction of sp³-hybridized carbons (Fsp3) is 0.318. The number of fused-ring (bicyclic) bond motifs is 1. The minimum absolute atomic E-state index is 0.281. The van der Waals surface area contributed by atoms with Crippen molar-refractivity contribution in [2.75, 3.05) is 26.8 Å². The Balaban J connectivity index is 1.53. The SMILES string of the molecule is COc1ccc2cc(/C=C/C(=O)OCC(=O)N3CCC[C@H](C(N)=O)C3)ccc2c1. The van der Waals surface area contributed by atoms with E-state index in [-0.39, 0.29) is 25.0 Å². The van der Waals surface area contributed by atoms with Crippen LogP contribution in [-0.2, 0) is 19.1 Å². The van der Waals surface area contributed by atoms with Crippen molar-refractivity contribution >= 4 is 34.6 Å². The van der Waals surface area contributed by atoms with Crippen LogP contribution in [0.3, 0.4) is 0 Å². The molecule has 3 rings (SSSR count). The minimum Gasteiger partial charge on any atom is -0.497 e. The highest BCUT2D eigenvalue weighted by molar-refractivity contribution is 5.91. The van der Waals surface area contributed by atoms with E-state index in [4.69, 9.17) is 15.2 Å². The summed E-state index contributed by atoms with van der Waals surface area (Å²) < 4.78 is 10.3. The number of hydrogen-bond donors (Lipinski definition) is 1. The van der Waals surface area contributed by atoms with Crippen molar-refractivity contribution in [3.63, 3.8) is 0 Å². The second kappa shape index (κ2) is 9.23. The van der Waals surface area contributed by atoms with Crippen molar-refractivity contribution in [3.8, 4) is 5.75 Å². The molecular formula is C22H24N2O5. The van der Waals surface area contributed by atoms with Crippen molar-refractivity contribution in [2.45, 2.75) is 12.8 Å². The van der Waals surface area contributed by atoms with Crippen LogP contribution in [0.2, 0.25) is 0 Å². The van der Waals surface area contributed by atoms with E-state index in [1.54, 1.807) is 13.2 Å². The summed E-state index contributed by atoms with van der Waals surface area (Å²) in [6.45, 7) is 0.466. The second-order valence-electron chi connectivity index (χ2n) is 6.99. The summed E-state index contributed by atoms with van der Waals surface area (Å²) in [5.41, 5.74) is 6.16. The first kappa shape index (κ1) is 20.4. The van der Waals surface area contributed by atoms with Gasteiger partial charge in [0.15, 0.2) is 6.61 Å². The molecule has 0 unspecified atom stereocenters. The number of nitrogens with two attached hydrogens (primary N) is 1. The zero-order valence-corrected chi connectivity index (χ0v) is 16.3. The maximum absolute atomic E-state index is 12.2. The molecule has 0 aromatic heterocycles. The largest absolute Gasteiger partial charge is 0.497 e. The van der Waals surface area contributed by atoms with Gasteiger partial charge in [0.1, 0.15) is 5.75 Å². The number of esters is 1. The highest BCUT2D eigenvalue weighted by Crippen LogP contribution is 2.22. The molecule has 2 aromatic carbocycles. The lowest BCUT2D eigenvalue weighted by molar-refractivity contribution is -0.149. The van der Waals surface area contributed by atoms with E-state index in [1.165, 1.54) is 11.0 Å². The van der Waals surface area contributed by atoms with E-state index in [9.17, 15) is 14.4 Å². The summed E-state index contributed by atoms with van der Waals surface area (Å²) in [5.74, 6) is -0.883. The summed E-state index contributed by atoms with van der Waals surface area (Å²) in [5, 5.41) is 2.05. The fourth-order valence-corrected chi connectivity index (χ4v) is 3.35. The van der Waals surface area contributed by atoms with Crippen molar-refractivity contribution in [3.05, 3.63) is 48.0 Å². The summed E-state index contributed by atoms with van der Waals surface area (Å²) in [7, 11) is 1.62. The monoisotopic (exact) mass is 396 g/mol. The van der Waals surface area contributed by atoms with Crippen molar-refractivity contribution in [1.29, 1.82) is 0 Å². The Morgan fingerprint density at radius 1 is 1.17 bits per heavy atom. The van der Waals surface area contributed by atoms with Gasteiger partial charge in [-0.25, -0.2) is 4.79 Å². The summed E-state index contributed by atoms with van der Waals surface area (Å²) in [6, 6.07) is 11.5. The number of methoxy groups -OCH3 is 1. The third-order valence-electron chi connectivity index (χ3n) is 5.00. The molecule has 29 heavy (non-hydrogen) atoms. The number of carbonyl (C=O) groups excluding carboxylic acids is 3. The molecule has 2 aromatic rings. The van der Waals surface area contributed by atoms with Crippen LogP contribution in [0, 0.1) is 5.92 Å². The fourth-order valence-electron chi connectivity index (χ4n) is 3.35. The van der Waals surface area contributed by atoms with Crippen LogP contribution in [0.1, 0.15) is 18.4 Å². The van der Waals surface area contributed by atoms with E-state index in [0.29, 0.717) is 19.4 Å². The molecule has 0 saturated carbocycles. The zero-order valence-electron chi connectivity index (χ0n) is 16.3. The van der Waals surface area contributed by atoms with Crippen molar-refractivity contribution in [2.24, 2.45) is 11.7 Å². The van der Waals surface area contributed by atoms with Gasteiger partial charge in [0.25, 0.3) is 5.91 Å². The number of rotatable bonds is 6. The topological polar surface area (TPSA) is 98.9 Å². The lowest BCUT2D eigenvalue weighted by Gasteiger charge is -2.30. The third-order valence-corrected chi connectivity index (χ3v) is 5.00. The van der Waals surface area contributed by atoms with Gasteiger partial charge in [0, 0.05) is 19.2 Å². The number of primary amides is 1. The average Bonchev–Trinajstić information content (AvgIpc) is 2.75. The Kier molecular flexibility index (Phi) is 6.49. The highest BCUT2D eigenvalue weighted by Gasteiger charge is 2.27. The van der Waals surface area contributed by atoms with Crippen molar-refractivity contribution in [1.82, 2.24) is 4.90 Å². The molecule has 0 radical (unpaired) electrons. The van der Waals surface area contributed by atoms with E-state index >= 15 is 0 Å². The van der Waals surface area contributed by atoms with Crippen LogP contribution in [0.15, 0.2) is 42.5 Å². The first-order valence-corrected chi connectivity index (χ1v) is 9.46. The zero-order chi connectivity index (χ0) is 20.8. The van der Waals surface area contributed by atoms with Gasteiger partial charge in [-0.1, -0.05) is 18.2 Å². The van der Waals surface area contributed by atoms with Crippen LogP contribution in [0.5, 0.6) is 5.75 Å². The molecule has 2 amide bonds. The van der Waals surface area contributed by atoms with E-state index in [2.05, 4.69) is 0 Å². The smallest absolute Gasteiger partial charge is 0.331 e. The second-order valence-corrected chi connectivity index (χ2v) is 6.99. The molecule has 1 aliphatic heterocycles. The predicted molar refractivity (Wildman–Crippen MR) is 109 cm³/mol. The normalized spacial score (nSPS) is 16.7.